The van der Waals surface area contributed by atoms with Gasteiger partial charge in [-0.1, -0.05) is 98.1 Å². The van der Waals surface area contributed by atoms with Crippen molar-refractivity contribution in [1.29, 1.82) is 0 Å². The highest BCUT2D eigenvalue weighted by molar-refractivity contribution is 5.83. The van der Waals surface area contributed by atoms with Gasteiger partial charge in [-0.15, -0.1) is 0 Å². The number of carboxylic acids is 1. The van der Waals surface area contributed by atoms with E-state index < -0.39 is 5.97 Å². The number of aliphatic hydroxyl groups excluding tert-OH is 1. The number of allylic oxidation sites excluding steroid dienone is 1. The highest BCUT2D eigenvalue weighted by atomic mass is 16.4. The SMILES string of the molecule is C=C(C)[C@@H]1CC[C@]2(C(=O)NCCCCCCCCCCCCC(=O)O)CC[C@]3(C)[C@H](CC[C@@H]4[C@@]5(C)CC[C@H](O)C(C)(C)[C@@H]5CC[C@]43C)[C@@H]12. The Morgan fingerprint density at radius 2 is 1.33 bits per heavy atom. The molecule has 0 unspecified atom stereocenters. The second kappa shape index (κ2) is 14.7. The molecule has 1 amide bonds. The maximum absolute atomic E-state index is 14.4. The van der Waals surface area contributed by atoms with E-state index in [-0.39, 0.29) is 33.2 Å². The fraction of sp³-hybridized carbons (Fsp3) is 0.907. The maximum atomic E-state index is 14.4. The number of carbonyl (C=O) groups is 2. The van der Waals surface area contributed by atoms with Crippen molar-refractivity contribution in [2.45, 2.75) is 182 Å². The fourth-order valence-corrected chi connectivity index (χ4v) is 13.7. The largest absolute Gasteiger partial charge is 0.481 e. The van der Waals surface area contributed by atoms with E-state index >= 15 is 0 Å². The molecule has 10 atom stereocenters. The van der Waals surface area contributed by atoms with Gasteiger partial charge in [-0.3, -0.25) is 9.59 Å². The zero-order chi connectivity index (χ0) is 35.0. The van der Waals surface area contributed by atoms with E-state index in [4.69, 9.17) is 5.11 Å². The van der Waals surface area contributed by atoms with Crippen LogP contribution < -0.4 is 5.32 Å². The van der Waals surface area contributed by atoms with Crippen LogP contribution in [0.1, 0.15) is 176 Å². The van der Waals surface area contributed by atoms with Gasteiger partial charge in [-0.05, 0) is 135 Å². The van der Waals surface area contributed by atoms with E-state index in [1.165, 1.54) is 76.2 Å². The van der Waals surface area contributed by atoms with E-state index in [1.54, 1.807) is 0 Å². The van der Waals surface area contributed by atoms with Crippen LogP contribution in [0.4, 0.5) is 0 Å². The molecule has 0 radical (unpaired) electrons. The summed E-state index contributed by atoms with van der Waals surface area (Å²) in [5.74, 6) is 2.37. The molecule has 0 aliphatic heterocycles. The summed E-state index contributed by atoms with van der Waals surface area (Å²) < 4.78 is 0. The number of hydrogen-bond donors (Lipinski definition) is 3. The lowest BCUT2D eigenvalue weighted by Crippen LogP contribution is -2.67. The zero-order valence-electron chi connectivity index (χ0n) is 31.9. The van der Waals surface area contributed by atoms with Crippen molar-refractivity contribution in [3.05, 3.63) is 12.2 Å². The Kier molecular flexibility index (Phi) is 11.6. The Morgan fingerprint density at radius 3 is 1.96 bits per heavy atom. The Morgan fingerprint density at radius 1 is 0.708 bits per heavy atom. The van der Waals surface area contributed by atoms with Crippen LogP contribution in [0.5, 0.6) is 0 Å². The highest BCUT2D eigenvalue weighted by Crippen LogP contribution is 2.77. The topological polar surface area (TPSA) is 86.6 Å². The minimum atomic E-state index is -0.679. The zero-order valence-corrected chi connectivity index (χ0v) is 31.9. The van der Waals surface area contributed by atoms with Crippen LogP contribution in [0.15, 0.2) is 12.2 Å². The molecule has 48 heavy (non-hydrogen) atoms. The Bertz CT molecular complexity index is 1160. The second-order valence-corrected chi connectivity index (χ2v) is 19.2. The summed E-state index contributed by atoms with van der Waals surface area (Å²) in [7, 11) is 0. The third-order valence-electron chi connectivity index (χ3n) is 16.6. The molecule has 274 valence electrons. The van der Waals surface area contributed by atoms with Crippen LogP contribution in [-0.4, -0.2) is 34.7 Å². The van der Waals surface area contributed by atoms with Crippen LogP contribution in [0.3, 0.4) is 0 Å². The predicted octanol–water partition coefficient (Wildman–Crippen LogP) is 10.5. The number of aliphatic carboxylic acids is 1. The summed E-state index contributed by atoms with van der Waals surface area (Å²) in [6.07, 6.45) is 23.0. The lowest BCUT2D eigenvalue weighted by Gasteiger charge is -2.72. The molecule has 3 N–H and O–H groups in total. The van der Waals surface area contributed by atoms with Gasteiger partial charge in [0.05, 0.1) is 11.5 Å². The van der Waals surface area contributed by atoms with E-state index in [9.17, 15) is 14.7 Å². The smallest absolute Gasteiger partial charge is 0.303 e. The highest BCUT2D eigenvalue weighted by Gasteiger charge is 2.71. The molecule has 0 spiro atoms. The number of nitrogens with one attached hydrogen (secondary N) is 1. The first kappa shape index (κ1) is 37.9. The Labute approximate surface area is 294 Å². The van der Waals surface area contributed by atoms with Crippen molar-refractivity contribution < 1.29 is 19.8 Å². The van der Waals surface area contributed by atoms with Gasteiger partial charge in [0.2, 0.25) is 5.91 Å². The van der Waals surface area contributed by atoms with Crippen molar-refractivity contribution in [1.82, 2.24) is 5.32 Å². The molecule has 5 heteroatoms. The van der Waals surface area contributed by atoms with E-state index in [0.717, 1.165) is 64.3 Å². The average molecular weight is 668 g/mol. The third kappa shape index (κ3) is 6.58. The van der Waals surface area contributed by atoms with Gasteiger partial charge in [0.15, 0.2) is 0 Å². The molecule has 5 saturated carbocycles. The average Bonchev–Trinajstić information content (AvgIpc) is 3.43. The summed E-state index contributed by atoms with van der Waals surface area (Å²) in [6.45, 7) is 20.2. The number of rotatable bonds is 15. The molecule has 5 aliphatic rings. The van der Waals surface area contributed by atoms with Gasteiger partial charge in [0, 0.05) is 13.0 Å². The van der Waals surface area contributed by atoms with Crippen LogP contribution in [0, 0.1) is 56.7 Å². The van der Waals surface area contributed by atoms with Gasteiger partial charge in [0.25, 0.3) is 0 Å². The monoisotopic (exact) mass is 668 g/mol. The Hall–Kier alpha value is -1.36. The molecule has 0 aromatic rings. The molecule has 0 heterocycles. The molecule has 5 rings (SSSR count). The first-order chi connectivity index (χ1) is 22.6. The van der Waals surface area contributed by atoms with Crippen molar-refractivity contribution in [3.8, 4) is 0 Å². The lowest BCUT2D eigenvalue weighted by atomic mass is 9.32. The summed E-state index contributed by atoms with van der Waals surface area (Å²) in [5, 5.41) is 23.3. The molecule has 0 bridgehead atoms. The number of carboxylic acid groups (broad SMARTS) is 1. The number of carbonyl (C=O) groups excluding carboxylic acids is 1. The lowest BCUT2D eigenvalue weighted by molar-refractivity contribution is -0.246. The molecule has 0 aromatic carbocycles. The van der Waals surface area contributed by atoms with Crippen molar-refractivity contribution >= 4 is 11.9 Å². The number of unbranched alkanes of at least 4 members (excludes halogenated alkanes) is 9. The molecule has 5 aliphatic carbocycles. The fourth-order valence-electron chi connectivity index (χ4n) is 13.7. The number of amides is 1. The maximum Gasteiger partial charge on any atom is 0.303 e. The summed E-state index contributed by atoms with van der Waals surface area (Å²) >= 11 is 0. The van der Waals surface area contributed by atoms with Crippen molar-refractivity contribution in [2.75, 3.05) is 6.54 Å². The molecular formula is C43H73NO4. The number of fused-ring (bicyclic) bond motifs is 7. The van der Waals surface area contributed by atoms with Gasteiger partial charge >= 0.3 is 5.97 Å². The Balaban J connectivity index is 1.18. The summed E-state index contributed by atoms with van der Waals surface area (Å²) in [4.78, 5) is 25.0. The van der Waals surface area contributed by atoms with E-state index in [0.29, 0.717) is 41.9 Å². The van der Waals surface area contributed by atoms with Crippen LogP contribution in [0.2, 0.25) is 0 Å². The second-order valence-electron chi connectivity index (χ2n) is 19.2. The molecule has 5 nitrogen and oxygen atoms in total. The van der Waals surface area contributed by atoms with Crippen LogP contribution >= 0.6 is 0 Å². The number of aliphatic hydroxyl groups is 1. The van der Waals surface area contributed by atoms with Gasteiger partial charge in [-0.25, -0.2) is 0 Å². The van der Waals surface area contributed by atoms with Gasteiger partial charge in [0.1, 0.15) is 0 Å². The molecular weight excluding hydrogens is 594 g/mol. The van der Waals surface area contributed by atoms with Crippen LogP contribution in [0.25, 0.3) is 0 Å². The van der Waals surface area contributed by atoms with E-state index in [1.807, 2.05) is 0 Å². The van der Waals surface area contributed by atoms with Gasteiger partial charge < -0.3 is 15.5 Å². The first-order valence-electron chi connectivity index (χ1n) is 20.5. The molecule has 5 fully saturated rings. The number of hydrogen-bond acceptors (Lipinski definition) is 3. The summed E-state index contributed by atoms with van der Waals surface area (Å²) in [5.41, 5.74) is 1.82. The first-order valence-corrected chi connectivity index (χ1v) is 20.5. The minimum absolute atomic E-state index is 0.0199. The van der Waals surface area contributed by atoms with Crippen LogP contribution in [-0.2, 0) is 9.59 Å². The van der Waals surface area contributed by atoms with Crippen molar-refractivity contribution in [3.63, 3.8) is 0 Å². The molecule has 0 saturated heterocycles. The van der Waals surface area contributed by atoms with Crippen molar-refractivity contribution in [2.24, 2.45) is 56.7 Å². The standard InChI is InChI=1S/C43H73NO4/c1-30(2)31-21-26-43(38(48)44-29-17-15-13-11-9-8-10-12-14-16-18-36(46)47)28-27-41(6)32(37(31)43)19-20-34-40(5)24-23-35(45)39(3,4)33(40)22-25-42(34,41)7/h31-35,37,45H,1,8-29H2,2-7H3,(H,44,48)(H,46,47)/t31-,32+,33-,34+,35-,37+,40-,41+,42+,43-/m0/s1. The molecule has 0 aromatic heterocycles. The normalized spacial score (nSPS) is 41.4. The summed E-state index contributed by atoms with van der Waals surface area (Å²) in [6, 6.07) is 0. The third-order valence-corrected chi connectivity index (χ3v) is 16.6. The predicted molar refractivity (Wildman–Crippen MR) is 196 cm³/mol. The van der Waals surface area contributed by atoms with Gasteiger partial charge in [-0.2, -0.15) is 0 Å². The quantitative estimate of drug-likeness (QED) is 0.120. The van der Waals surface area contributed by atoms with E-state index in [2.05, 4.69) is 53.4 Å². The minimum Gasteiger partial charge on any atom is -0.481 e.